The minimum Gasteiger partial charge on any atom is -0.477 e. The predicted molar refractivity (Wildman–Crippen MR) is 103 cm³/mol. The summed E-state index contributed by atoms with van der Waals surface area (Å²) >= 11 is 6.39. The maximum atomic E-state index is 15.7. The lowest BCUT2D eigenvalue weighted by molar-refractivity contribution is 0.0695. The van der Waals surface area contributed by atoms with Crippen molar-refractivity contribution in [2.24, 2.45) is 0 Å². The molecule has 1 saturated heterocycles. The number of benzene rings is 1. The van der Waals surface area contributed by atoms with Crippen molar-refractivity contribution < 1.29 is 14.3 Å². The first-order valence-corrected chi connectivity index (χ1v) is 9.46. The Kier molecular flexibility index (Phi) is 4.39. The number of halogens is 2. The fourth-order valence-corrected chi connectivity index (χ4v) is 4.34. The van der Waals surface area contributed by atoms with Crippen LogP contribution in [0.25, 0.3) is 10.9 Å². The molecule has 2 fully saturated rings. The number of fused-ring (bicyclic) bond motifs is 1. The molecule has 2 heterocycles. The first-order chi connectivity index (χ1) is 12.8. The number of carboxylic acid groups (broad SMARTS) is 1. The van der Waals surface area contributed by atoms with Gasteiger partial charge in [-0.05, 0) is 32.8 Å². The van der Waals surface area contributed by atoms with Gasteiger partial charge in [0.25, 0.3) is 0 Å². The van der Waals surface area contributed by atoms with Crippen LogP contribution in [0.2, 0.25) is 5.02 Å². The van der Waals surface area contributed by atoms with Crippen LogP contribution >= 0.6 is 11.6 Å². The Morgan fingerprint density at radius 3 is 2.48 bits per heavy atom. The SMILES string of the molecule is CC1CN(c2c(Cl)cc3c(=O)c(C(=O)O)cn(C4CC4)c3c2F)CC(C)N1. The zero-order valence-corrected chi connectivity index (χ0v) is 15.9. The molecule has 27 heavy (non-hydrogen) atoms. The van der Waals surface area contributed by atoms with Gasteiger partial charge in [0.1, 0.15) is 5.56 Å². The molecule has 8 heteroatoms. The van der Waals surface area contributed by atoms with E-state index in [0.717, 1.165) is 12.8 Å². The molecule has 1 aliphatic carbocycles. The molecule has 1 saturated carbocycles. The van der Waals surface area contributed by atoms with Gasteiger partial charge in [-0.15, -0.1) is 0 Å². The second-order valence-corrected chi connectivity index (χ2v) is 8.01. The van der Waals surface area contributed by atoms with E-state index < -0.39 is 17.2 Å². The number of nitrogens with zero attached hydrogens (tertiary/aromatic N) is 2. The molecule has 0 radical (unpaired) electrons. The van der Waals surface area contributed by atoms with Crippen LogP contribution in [-0.4, -0.2) is 40.8 Å². The van der Waals surface area contributed by atoms with E-state index in [1.807, 2.05) is 18.7 Å². The van der Waals surface area contributed by atoms with E-state index >= 15 is 4.39 Å². The van der Waals surface area contributed by atoms with Crippen molar-refractivity contribution in [2.75, 3.05) is 18.0 Å². The maximum Gasteiger partial charge on any atom is 0.341 e. The van der Waals surface area contributed by atoms with E-state index in [1.54, 1.807) is 4.57 Å². The van der Waals surface area contributed by atoms with Gasteiger partial charge in [0.2, 0.25) is 5.43 Å². The Morgan fingerprint density at radius 2 is 1.93 bits per heavy atom. The average Bonchev–Trinajstić information content (AvgIpc) is 3.39. The third-order valence-corrected chi connectivity index (χ3v) is 5.52. The van der Waals surface area contributed by atoms with Crippen molar-refractivity contribution in [1.29, 1.82) is 0 Å². The first-order valence-electron chi connectivity index (χ1n) is 9.09. The van der Waals surface area contributed by atoms with E-state index in [1.165, 1.54) is 12.3 Å². The predicted octanol–water partition coefficient (Wildman–Crippen LogP) is 3.01. The molecule has 0 bridgehead atoms. The third-order valence-electron chi connectivity index (χ3n) is 5.23. The van der Waals surface area contributed by atoms with Crippen molar-refractivity contribution in [3.63, 3.8) is 0 Å². The summed E-state index contributed by atoms with van der Waals surface area (Å²) < 4.78 is 17.3. The summed E-state index contributed by atoms with van der Waals surface area (Å²) in [4.78, 5) is 26.0. The van der Waals surface area contributed by atoms with Gasteiger partial charge in [-0.2, -0.15) is 0 Å². The number of rotatable bonds is 3. The number of carboxylic acids is 1. The molecule has 6 nitrogen and oxygen atoms in total. The van der Waals surface area contributed by atoms with Gasteiger partial charge < -0.3 is 19.9 Å². The molecule has 2 atom stereocenters. The fraction of sp³-hybridized carbons (Fsp3) is 0.474. The van der Waals surface area contributed by atoms with Crippen molar-refractivity contribution in [1.82, 2.24) is 9.88 Å². The molecule has 2 aromatic rings. The minimum absolute atomic E-state index is 0.00981. The molecule has 0 amide bonds. The highest BCUT2D eigenvalue weighted by Crippen LogP contribution is 2.41. The van der Waals surface area contributed by atoms with Crippen LogP contribution in [0.4, 0.5) is 10.1 Å². The fourth-order valence-electron chi connectivity index (χ4n) is 4.02. The Balaban J connectivity index is 1.98. The Labute approximate surface area is 160 Å². The van der Waals surface area contributed by atoms with Crippen molar-refractivity contribution in [3.8, 4) is 0 Å². The van der Waals surface area contributed by atoms with E-state index in [4.69, 9.17) is 11.6 Å². The zero-order chi connectivity index (χ0) is 19.5. The van der Waals surface area contributed by atoms with E-state index in [9.17, 15) is 14.7 Å². The molecule has 144 valence electrons. The van der Waals surface area contributed by atoms with E-state index in [-0.39, 0.29) is 45.3 Å². The summed E-state index contributed by atoms with van der Waals surface area (Å²) in [5.74, 6) is -1.87. The largest absolute Gasteiger partial charge is 0.477 e. The lowest BCUT2D eigenvalue weighted by atomic mass is 10.1. The second kappa shape index (κ2) is 6.49. The lowest BCUT2D eigenvalue weighted by Crippen LogP contribution is -2.54. The van der Waals surface area contributed by atoms with Crippen molar-refractivity contribution >= 4 is 34.2 Å². The Hall–Kier alpha value is -2.12. The van der Waals surface area contributed by atoms with Crippen LogP contribution in [0.5, 0.6) is 0 Å². The highest BCUT2D eigenvalue weighted by molar-refractivity contribution is 6.34. The molecular formula is C19H21ClFN3O3. The van der Waals surface area contributed by atoms with Gasteiger partial charge in [-0.1, -0.05) is 11.6 Å². The Bertz CT molecular complexity index is 992. The monoisotopic (exact) mass is 393 g/mol. The number of aromatic nitrogens is 1. The number of aromatic carboxylic acids is 1. The summed E-state index contributed by atoms with van der Waals surface area (Å²) in [6, 6.07) is 1.76. The van der Waals surface area contributed by atoms with Crippen molar-refractivity contribution in [3.05, 3.63) is 38.9 Å². The number of anilines is 1. The van der Waals surface area contributed by atoms with Crippen LogP contribution < -0.4 is 15.6 Å². The topological polar surface area (TPSA) is 74.6 Å². The van der Waals surface area contributed by atoms with Gasteiger partial charge in [-0.25, -0.2) is 9.18 Å². The first kappa shape index (κ1) is 18.3. The van der Waals surface area contributed by atoms with Gasteiger partial charge in [0, 0.05) is 37.4 Å². The zero-order valence-electron chi connectivity index (χ0n) is 15.1. The number of hydrogen-bond donors (Lipinski definition) is 2. The highest BCUT2D eigenvalue weighted by atomic mass is 35.5. The number of hydrogen-bond acceptors (Lipinski definition) is 4. The second-order valence-electron chi connectivity index (χ2n) is 7.61. The summed E-state index contributed by atoms with van der Waals surface area (Å²) in [5.41, 5.74) is -0.641. The highest BCUT2D eigenvalue weighted by Gasteiger charge is 2.32. The standard InChI is InChI=1S/C19H21ClFN3O3/c1-9-6-23(7-10(2)22-9)17-14(20)5-12-16(15(17)21)24(11-3-4-11)8-13(18(12)25)19(26)27/h5,8-11,22H,3-4,6-7H2,1-2H3,(H,26,27). The summed E-state index contributed by atoms with van der Waals surface area (Å²) in [5, 5.41) is 12.9. The molecule has 2 aliphatic rings. The summed E-state index contributed by atoms with van der Waals surface area (Å²) in [6.45, 7) is 5.23. The quantitative estimate of drug-likeness (QED) is 0.838. The number of nitrogens with one attached hydrogen (secondary N) is 1. The molecule has 1 aromatic heterocycles. The van der Waals surface area contributed by atoms with Crippen LogP contribution in [0, 0.1) is 5.82 Å². The van der Waals surface area contributed by atoms with E-state index in [0.29, 0.717) is 13.1 Å². The van der Waals surface area contributed by atoms with Crippen LogP contribution in [-0.2, 0) is 0 Å². The number of pyridine rings is 1. The van der Waals surface area contributed by atoms with Crippen LogP contribution in [0.3, 0.4) is 0 Å². The Morgan fingerprint density at radius 1 is 1.30 bits per heavy atom. The molecule has 0 spiro atoms. The molecular weight excluding hydrogens is 373 g/mol. The molecule has 2 N–H and O–H groups in total. The number of piperazine rings is 1. The lowest BCUT2D eigenvalue weighted by Gasteiger charge is -2.38. The smallest absolute Gasteiger partial charge is 0.341 e. The summed E-state index contributed by atoms with van der Waals surface area (Å²) in [6.07, 6.45) is 2.93. The summed E-state index contributed by atoms with van der Waals surface area (Å²) in [7, 11) is 0. The van der Waals surface area contributed by atoms with Crippen molar-refractivity contribution in [2.45, 2.75) is 44.8 Å². The third kappa shape index (κ3) is 3.08. The number of carbonyl (C=O) groups is 1. The van der Waals surface area contributed by atoms with Gasteiger partial charge >= 0.3 is 5.97 Å². The van der Waals surface area contributed by atoms with Gasteiger partial charge in [0.15, 0.2) is 5.82 Å². The molecule has 1 aliphatic heterocycles. The molecule has 4 rings (SSSR count). The van der Waals surface area contributed by atoms with Gasteiger partial charge in [-0.3, -0.25) is 4.79 Å². The van der Waals surface area contributed by atoms with E-state index in [2.05, 4.69) is 5.32 Å². The maximum absolute atomic E-state index is 15.7. The van der Waals surface area contributed by atoms with Gasteiger partial charge in [0.05, 0.1) is 21.6 Å². The molecule has 1 aromatic carbocycles. The molecule has 2 unspecified atom stereocenters. The van der Waals surface area contributed by atoms with Crippen LogP contribution in [0.1, 0.15) is 43.1 Å². The van der Waals surface area contributed by atoms with Crippen LogP contribution in [0.15, 0.2) is 17.1 Å². The average molecular weight is 394 g/mol. The minimum atomic E-state index is -1.32. The normalized spacial score (nSPS) is 23.0.